The number of ketones is 1. The predicted molar refractivity (Wildman–Crippen MR) is 184 cm³/mol. The van der Waals surface area contributed by atoms with Gasteiger partial charge in [-0.3, -0.25) is 19.1 Å². The predicted octanol–water partition coefficient (Wildman–Crippen LogP) is 3.63. The number of hydrazine groups is 1. The maximum absolute atomic E-state index is 12.7. The summed E-state index contributed by atoms with van der Waals surface area (Å²) in [5, 5.41) is 12.9. The SMILES string of the molecule is CN(N)c1ccccc1C(=O)C(=O)NC1CC2CCCC(C1)N2C.CN1C2CCCC1CC(NC(=O)c1nn(C)c3ccccc13)C2. The second kappa shape index (κ2) is 14.1. The molecule has 11 heteroatoms. The van der Waals surface area contributed by atoms with E-state index < -0.39 is 11.7 Å². The molecule has 4 unspecified atom stereocenters. The average Bonchev–Trinajstić information content (AvgIpc) is 3.38. The van der Waals surface area contributed by atoms with Gasteiger partial charge < -0.3 is 25.4 Å². The number of aryl methyl sites for hydroxylation is 1. The summed E-state index contributed by atoms with van der Waals surface area (Å²) in [4.78, 5) is 42.7. The van der Waals surface area contributed by atoms with Crippen molar-refractivity contribution in [2.24, 2.45) is 12.9 Å². The van der Waals surface area contributed by atoms with E-state index in [9.17, 15) is 14.4 Å². The number of hydrogen-bond donors (Lipinski definition) is 3. The van der Waals surface area contributed by atoms with Gasteiger partial charge in [-0.1, -0.05) is 43.2 Å². The van der Waals surface area contributed by atoms with E-state index in [2.05, 4.69) is 39.6 Å². The number of nitrogens with one attached hydrogen (secondary N) is 2. The van der Waals surface area contributed by atoms with Gasteiger partial charge >= 0.3 is 0 Å². The monoisotopic (exact) mass is 642 g/mol. The van der Waals surface area contributed by atoms with Crippen molar-refractivity contribution in [3.8, 4) is 0 Å². The Bertz CT molecular complexity index is 1580. The van der Waals surface area contributed by atoms with Crippen molar-refractivity contribution in [2.45, 2.75) is 100 Å². The van der Waals surface area contributed by atoms with E-state index in [4.69, 9.17) is 5.84 Å². The fourth-order valence-electron chi connectivity index (χ4n) is 8.45. The molecule has 2 amide bonds. The van der Waals surface area contributed by atoms with Crippen LogP contribution in [0.5, 0.6) is 0 Å². The van der Waals surface area contributed by atoms with Gasteiger partial charge in [-0.15, -0.1) is 0 Å². The molecular formula is C36H50N8O3. The summed E-state index contributed by atoms with van der Waals surface area (Å²) in [5.41, 5.74) is 2.44. The van der Waals surface area contributed by atoms with E-state index in [1.807, 2.05) is 31.3 Å². The lowest BCUT2D eigenvalue weighted by Gasteiger charge is -2.47. The van der Waals surface area contributed by atoms with Crippen LogP contribution in [0.25, 0.3) is 10.9 Å². The maximum Gasteiger partial charge on any atom is 0.292 e. The number of carbonyl (C=O) groups is 3. The molecule has 4 bridgehead atoms. The molecule has 1 aromatic heterocycles. The maximum atomic E-state index is 12.7. The van der Waals surface area contributed by atoms with Crippen LogP contribution in [0.1, 0.15) is 85.1 Å². The Kier molecular flexibility index (Phi) is 9.96. The molecule has 4 fully saturated rings. The molecule has 2 aromatic carbocycles. The van der Waals surface area contributed by atoms with E-state index >= 15 is 0 Å². The molecule has 4 N–H and O–H groups in total. The number of para-hydroxylation sites is 2. The Morgan fingerprint density at radius 1 is 0.766 bits per heavy atom. The lowest BCUT2D eigenvalue weighted by atomic mass is 9.82. The number of fused-ring (bicyclic) bond motifs is 5. The molecule has 0 spiro atoms. The first-order chi connectivity index (χ1) is 22.6. The molecule has 0 radical (unpaired) electrons. The second-order valence-corrected chi connectivity index (χ2v) is 14.0. The fourth-order valence-corrected chi connectivity index (χ4v) is 8.45. The largest absolute Gasteiger partial charge is 0.348 e. The van der Waals surface area contributed by atoms with Crippen LogP contribution in [-0.2, 0) is 11.8 Å². The number of anilines is 1. The number of piperidine rings is 4. The van der Waals surface area contributed by atoms with Gasteiger partial charge in [0.25, 0.3) is 17.6 Å². The number of rotatable bonds is 6. The first-order valence-corrected chi connectivity index (χ1v) is 17.2. The molecule has 5 heterocycles. The summed E-state index contributed by atoms with van der Waals surface area (Å²) < 4.78 is 1.79. The van der Waals surface area contributed by atoms with Crippen LogP contribution in [0.4, 0.5) is 5.69 Å². The number of hydrogen-bond acceptors (Lipinski definition) is 8. The lowest BCUT2D eigenvalue weighted by Crippen LogP contribution is -2.56. The number of benzene rings is 2. The van der Waals surface area contributed by atoms with E-state index in [1.54, 1.807) is 36.0 Å². The van der Waals surface area contributed by atoms with Crippen molar-refractivity contribution < 1.29 is 14.4 Å². The van der Waals surface area contributed by atoms with Gasteiger partial charge in [0.2, 0.25) is 0 Å². The molecule has 4 aliphatic heterocycles. The minimum absolute atomic E-state index is 0.0329. The molecule has 11 nitrogen and oxygen atoms in total. The van der Waals surface area contributed by atoms with Gasteiger partial charge in [-0.2, -0.15) is 5.10 Å². The standard InChI is InChI=1S/C18H26N4O2.C18H24N4O/c1-21-13-6-5-7-14(21)11-12(10-13)20-18(24)17(23)15-8-3-4-9-16(15)22(2)19;1-21-13-6-5-7-14(21)11-12(10-13)19-18(23)17-15-8-3-4-9-16(15)22(2)20-17/h3-4,8-9,12-14H,5-7,10-11,19H2,1-2H3,(H,20,24);3-4,8-9,12-14H,5-7,10-11H2,1-2H3,(H,19,23). The van der Waals surface area contributed by atoms with Crippen LogP contribution in [0.2, 0.25) is 0 Å². The van der Waals surface area contributed by atoms with Crippen LogP contribution in [0.15, 0.2) is 48.5 Å². The van der Waals surface area contributed by atoms with Crippen molar-refractivity contribution in [3.05, 3.63) is 59.8 Å². The van der Waals surface area contributed by atoms with E-state index in [1.165, 1.54) is 43.5 Å². The van der Waals surface area contributed by atoms with Crippen molar-refractivity contribution in [1.29, 1.82) is 0 Å². The van der Waals surface area contributed by atoms with Crippen molar-refractivity contribution in [1.82, 2.24) is 30.2 Å². The minimum atomic E-state index is -0.531. The minimum Gasteiger partial charge on any atom is -0.348 e. The van der Waals surface area contributed by atoms with Crippen LogP contribution in [0.3, 0.4) is 0 Å². The molecule has 0 aliphatic carbocycles. The molecular weight excluding hydrogens is 592 g/mol. The molecule has 4 saturated heterocycles. The first-order valence-electron chi connectivity index (χ1n) is 17.2. The first kappa shape index (κ1) is 33.1. The van der Waals surface area contributed by atoms with E-state index in [-0.39, 0.29) is 18.0 Å². The molecule has 0 saturated carbocycles. The number of aromatic nitrogens is 2. The van der Waals surface area contributed by atoms with Gasteiger partial charge in [0.15, 0.2) is 5.69 Å². The zero-order valence-corrected chi connectivity index (χ0v) is 28.2. The van der Waals surface area contributed by atoms with Crippen LogP contribution >= 0.6 is 0 Å². The number of nitrogens with two attached hydrogens (primary N) is 1. The van der Waals surface area contributed by atoms with Gasteiger partial charge in [0.05, 0.1) is 16.8 Å². The summed E-state index contributed by atoms with van der Waals surface area (Å²) in [6.07, 6.45) is 11.4. The molecule has 4 atom stereocenters. The molecule has 3 aromatic rings. The van der Waals surface area contributed by atoms with Gasteiger partial charge in [-0.25, -0.2) is 5.84 Å². The number of amides is 2. The summed E-state index contributed by atoms with van der Waals surface area (Å²) in [7, 11) is 7.95. The topological polar surface area (TPSA) is 129 Å². The van der Waals surface area contributed by atoms with Crippen LogP contribution in [0, 0.1) is 0 Å². The number of carbonyl (C=O) groups excluding carboxylic acids is 3. The normalized spacial score (nSPS) is 27.3. The van der Waals surface area contributed by atoms with Crippen molar-refractivity contribution >= 4 is 34.2 Å². The molecule has 47 heavy (non-hydrogen) atoms. The fraction of sp³-hybridized carbons (Fsp3) is 0.556. The van der Waals surface area contributed by atoms with Crippen molar-refractivity contribution in [3.63, 3.8) is 0 Å². The molecule has 252 valence electrons. The zero-order valence-electron chi connectivity index (χ0n) is 28.2. The van der Waals surface area contributed by atoms with Crippen molar-refractivity contribution in [2.75, 3.05) is 26.2 Å². The van der Waals surface area contributed by atoms with Crippen LogP contribution < -0.4 is 21.5 Å². The van der Waals surface area contributed by atoms with Gasteiger partial charge in [0.1, 0.15) is 0 Å². The highest BCUT2D eigenvalue weighted by Crippen LogP contribution is 2.34. The summed E-state index contributed by atoms with van der Waals surface area (Å²) in [6, 6.07) is 17.4. The Labute approximate surface area is 277 Å². The highest BCUT2D eigenvalue weighted by atomic mass is 16.2. The van der Waals surface area contributed by atoms with Crippen LogP contribution in [-0.4, -0.2) is 94.6 Å². The quantitative estimate of drug-likeness (QED) is 0.161. The van der Waals surface area contributed by atoms with E-state index in [0.29, 0.717) is 41.1 Å². The molecule has 4 aliphatic rings. The Morgan fingerprint density at radius 2 is 1.28 bits per heavy atom. The third-order valence-corrected chi connectivity index (χ3v) is 11.1. The summed E-state index contributed by atoms with van der Waals surface area (Å²) in [6.45, 7) is 0. The highest BCUT2D eigenvalue weighted by Gasteiger charge is 2.38. The van der Waals surface area contributed by atoms with Gasteiger partial charge in [-0.05, 0) is 83.7 Å². The third-order valence-electron chi connectivity index (χ3n) is 11.1. The highest BCUT2D eigenvalue weighted by molar-refractivity contribution is 6.44. The third kappa shape index (κ3) is 7.07. The second-order valence-electron chi connectivity index (χ2n) is 14.0. The van der Waals surface area contributed by atoms with E-state index in [0.717, 1.165) is 36.6 Å². The summed E-state index contributed by atoms with van der Waals surface area (Å²) in [5.74, 6) is 4.67. The zero-order chi connectivity index (χ0) is 33.2. The number of Topliss-reactive ketones (excluding diaryl/α,β-unsaturated/α-hetero) is 1. The average molecular weight is 643 g/mol. The van der Waals surface area contributed by atoms with Gasteiger partial charge in [0, 0.05) is 55.7 Å². The molecule has 7 rings (SSSR count). The summed E-state index contributed by atoms with van der Waals surface area (Å²) >= 11 is 0. The Balaban J connectivity index is 0.000000164. The lowest BCUT2D eigenvalue weighted by molar-refractivity contribution is -0.118. The Hall–Kier alpha value is -3.80. The number of nitrogens with zero attached hydrogens (tertiary/aromatic N) is 5. The Morgan fingerprint density at radius 3 is 1.85 bits per heavy atom. The smallest absolute Gasteiger partial charge is 0.292 e.